The van der Waals surface area contributed by atoms with Crippen LogP contribution in [0.5, 0.6) is 23.0 Å². The van der Waals surface area contributed by atoms with Crippen molar-refractivity contribution in [1.82, 2.24) is 0 Å². The molecule has 4 heteroatoms. The normalized spacial score (nSPS) is 10.2. The van der Waals surface area contributed by atoms with E-state index >= 15 is 0 Å². The monoisotopic (exact) mass is 218 g/mol. The quantitative estimate of drug-likeness (QED) is 0.553. The van der Waals surface area contributed by atoms with Crippen LogP contribution in [0.1, 0.15) is 0 Å². The minimum Gasteiger partial charge on any atom is -0.508 e. The van der Waals surface area contributed by atoms with E-state index in [0.717, 1.165) is 0 Å². The van der Waals surface area contributed by atoms with Crippen molar-refractivity contribution >= 4 is 0 Å². The highest BCUT2D eigenvalue weighted by Gasteiger charge is 2.07. The molecule has 4 nitrogen and oxygen atoms in total. The van der Waals surface area contributed by atoms with E-state index in [1.165, 1.54) is 30.3 Å². The number of rotatable bonds is 1. The smallest absolute Gasteiger partial charge is 0.158 e. The second-order valence-corrected chi connectivity index (χ2v) is 3.40. The number of phenolic OH excluding ortho intramolecular Hbond substituents is 4. The Morgan fingerprint density at radius 1 is 0.625 bits per heavy atom. The molecule has 0 saturated carbocycles. The van der Waals surface area contributed by atoms with Crippen LogP contribution in [0.4, 0.5) is 0 Å². The molecule has 0 atom stereocenters. The number of hydrogen-bond acceptors (Lipinski definition) is 4. The molecule has 0 bridgehead atoms. The molecule has 16 heavy (non-hydrogen) atoms. The van der Waals surface area contributed by atoms with Crippen LogP contribution in [0, 0.1) is 0 Å². The Bertz CT molecular complexity index is 535. The Labute approximate surface area is 91.7 Å². The summed E-state index contributed by atoms with van der Waals surface area (Å²) >= 11 is 0. The third-order valence-corrected chi connectivity index (χ3v) is 2.27. The van der Waals surface area contributed by atoms with Gasteiger partial charge in [-0.3, -0.25) is 0 Å². The van der Waals surface area contributed by atoms with E-state index in [-0.39, 0.29) is 23.0 Å². The maximum atomic E-state index is 9.60. The van der Waals surface area contributed by atoms with Crippen LogP contribution in [-0.4, -0.2) is 20.4 Å². The molecule has 0 unspecified atom stereocenters. The fraction of sp³-hybridized carbons (Fsp3) is 0. The van der Waals surface area contributed by atoms with Crippen LogP contribution >= 0.6 is 0 Å². The van der Waals surface area contributed by atoms with Gasteiger partial charge in [0.2, 0.25) is 0 Å². The number of hydrogen-bond donors (Lipinski definition) is 4. The van der Waals surface area contributed by atoms with Crippen molar-refractivity contribution in [2.45, 2.75) is 0 Å². The van der Waals surface area contributed by atoms with Gasteiger partial charge in [-0.1, -0.05) is 6.07 Å². The van der Waals surface area contributed by atoms with Gasteiger partial charge in [0.05, 0.1) is 0 Å². The number of aromatic hydroxyl groups is 4. The van der Waals surface area contributed by atoms with Crippen molar-refractivity contribution in [1.29, 1.82) is 0 Å². The van der Waals surface area contributed by atoms with E-state index < -0.39 is 0 Å². The molecular weight excluding hydrogens is 208 g/mol. The Kier molecular flexibility index (Phi) is 2.32. The predicted octanol–water partition coefficient (Wildman–Crippen LogP) is 2.18. The maximum absolute atomic E-state index is 9.60. The lowest BCUT2D eigenvalue weighted by atomic mass is 10.0. The van der Waals surface area contributed by atoms with Crippen LogP contribution in [0.15, 0.2) is 36.4 Å². The van der Waals surface area contributed by atoms with Crippen LogP contribution in [0.3, 0.4) is 0 Å². The average Bonchev–Trinajstić information content (AvgIpc) is 2.22. The SMILES string of the molecule is Oc1ccc(-c2ccc(O)c(O)c2)c(O)c1. The highest BCUT2D eigenvalue weighted by molar-refractivity contribution is 5.73. The predicted molar refractivity (Wildman–Crippen MR) is 58.5 cm³/mol. The number of phenols is 4. The van der Waals surface area contributed by atoms with Gasteiger partial charge in [0.1, 0.15) is 11.5 Å². The lowest BCUT2D eigenvalue weighted by molar-refractivity contribution is 0.404. The lowest BCUT2D eigenvalue weighted by Crippen LogP contribution is -1.79. The molecule has 0 fully saturated rings. The molecule has 2 aromatic carbocycles. The summed E-state index contributed by atoms with van der Waals surface area (Å²) in [7, 11) is 0. The van der Waals surface area contributed by atoms with Crippen molar-refractivity contribution in [3.63, 3.8) is 0 Å². The molecular formula is C12H10O4. The summed E-state index contributed by atoms with van der Waals surface area (Å²) in [6.45, 7) is 0. The third-order valence-electron chi connectivity index (χ3n) is 2.27. The zero-order valence-corrected chi connectivity index (χ0v) is 8.25. The summed E-state index contributed by atoms with van der Waals surface area (Å²) < 4.78 is 0. The van der Waals surface area contributed by atoms with Crippen LogP contribution in [0.25, 0.3) is 11.1 Å². The summed E-state index contributed by atoms with van der Waals surface area (Å²) in [5.41, 5.74) is 1.01. The van der Waals surface area contributed by atoms with Crippen LogP contribution in [0.2, 0.25) is 0 Å². The van der Waals surface area contributed by atoms with Gasteiger partial charge in [-0.05, 0) is 29.8 Å². The topological polar surface area (TPSA) is 80.9 Å². The molecule has 4 N–H and O–H groups in total. The van der Waals surface area contributed by atoms with Crippen molar-refractivity contribution < 1.29 is 20.4 Å². The standard InChI is InChI=1S/C12H10O4/c13-8-2-3-9(11(15)6-8)7-1-4-10(14)12(16)5-7/h1-6,13-16H. The zero-order valence-electron chi connectivity index (χ0n) is 8.25. The summed E-state index contributed by atoms with van der Waals surface area (Å²) in [4.78, 5) is 0. The van der Waals surface area contributed by atoms with Crippen LogP contribution in [-0.2, 0) is 0 Å². The van der Waals surface area contributed by atoms with E-state index in [4.69, 9.17) is 10.2 Å². The highest BCUT2D eigenvalue weighted by Crippen LogP contribution is 2.36. The minimum atomic E-state index is -0.259. The summed E-state index contributed by atoms with van der Waals surface area (Å²) in [6.07, 6.45) is 0. The molecule has 2 aromatic rings. The van der Waals surface area contributed by atoms with E-state index in [1.54, 1.807) is 6.07 Å². The van der Waals surface area contributed by atoms with Crippen molar-refractivity contribution in [3.8, 4) is 34.1 Å². The Morgan fingerprint density at radius 2 is 1.38 bits per heavy atom. The molecule has 0 heterocycles. The van der Waals surface area contributed by atoms with Gasteiger partial charge in [0.15, 0.2) is 11.5 Å². The molecule has 0 amide bonds. The van der Waals surface area contributed by atoms with Crippen molar-refractivity contribution in [2.75, 3.05) is 0 Å². The van der Waals surface area contributed by atoms with E-state index in [2.05, 4.69) is 0 Å². The van der Waals surface area contributed by atoms with Gasteiger partial charge in [-0.15, -0.1) is 0 Å². The zero-order chi connectivity index (χ0) is 11.7. The fourth-order valence-corrected chi connectivity index (χ4v) is 1.46. The third kappa shape index (κ3) is 1.72. The second-order valence-electron chi connectivity index (χ2n) is 3.40. The second kappa shape index (κ2) is 3.66. The van der Waals surface area contributed by atoms with Gasteiger partial charge >= 0.3 is 0 Å². The van der Waals surface area contributed by atoms with E-state index in [1.807, 2.05) is 0 Å². The Hall–Kier alpha value is -2.36. The first-order chi connectivity index (χ1) is 7.58. The van der Waals surface area contributed by atoms with Gasteiger partial charge in [0, 0.05) is 11.6 Å². The average molecular weight is 218 g/mol. The molecule has 2 rings (SSSR count). The minimum absolute atomic E-state index is 0.0377. The first-order valence-electron chi connectivity index (χ1n) is 4.62. The van der Waals surface area contributed by atoms with E-state index in [9.17, 15) is 10.2 Å². The van der Waals surface area contributed by atoms with Gasteiger partial charge in [0.25, 0.3) is 0 Å². The Balaban J connectivity index is 2.54. The first kappa shape index (κ1) is 10.2. The molecule has 0 aliphatic carbocycles. The van der Waals surface area contributed by atoms with Gasteiger partial charge in [-0.25, -0.2) is 0 Å². The number of benzene rings is 2. The van der Waals surface area contributed by atoms with E-state index in [0.29, 0.717) is 11.1 Å². The molecule has 0 saturated heterocycles. The lowest BCUT2D eigenvalue weighted by Gasteiger charge is -2.06. The Morgan fingerprint density at radius 3 is 2.00 bits per heavy atom. The maximum Gasteiger partial charge on any atom is 0.158 e. The molecule has 0 spiro atoms. The molecule has 0 aliphatic heterocycles. The summed E-state index contributed by atoms with van der Waals surface area (Å²) in [5, 5.41) is 37.2. The molecule has 82 valence electrons. The highest BCUT2D eigenvalue weighted by atomic mass is 16.3. The fourth-order valence-electron chi connectivity index (χ4n) is 1.46. The van der Waals surface area contributed by atoms with Crippen LogP contribution < -0.4 is 0 Å². The largest absolute Gasteiger partial charge is 0.508 e. The van der Waals surface area contributed by atoms with Gasteiger partial charge in [-0.2, -0.15) is 0 Å². The first-order valence-corrected chi connectivity index (χ1v) is 4.62. The molecule has 0 aromatic heterocycles. The van der Waals surface area contributed by atoms with Crippen molar-refractivity contribution in [3.05, 3.63) is 36.4 Å². The summed E-state index contributed by atoms with van der Waals surface area (Å²) in [5.74, 6) is -0.610. The summed E-state index contributed by atoms with van der Waals surface area (Å²) in [6, 6.07) is 8.38. The van der Waals surface area contributed by atoms with Crippen molar-refractivity contribution in [2.24, 2.45) is 0 Å². The molecule has 0 aliphatic rings. The molecule has 0 radical (unpaired) electrons. The van der Waals surface area contributed by atoms with Gasteiger partial charge < -0.3 is 20.4 Å².